The molecule has 0 aliphatic rings. The molecule has 0 amide bonds. The lowest BCUT2D eigenvalue weighted by Gasteiger charge is -2.06. The van der Waals surface area contributed by atoms with Crippen LogP contribution >= 0.6 is 27.3 Å². The first-order valence-electron chi connectivity index (χ1n) is 4.14. The SMILES string of the molecule is Cc1oc(Br)cc1C(O)c1ccsc1. The highest BCUT2D eigenvalue weighted by atomic mass is 79.9. The van der Waals surface area contributed by atoms with Crippen LogP contribution in [0.3, 0.4) is 0 Å². The minimum Gasteiger partial charge on any atom is -0.454 e. The van der Waals surface area contributed by atoms with Gasteiger partial charge in [-0.15, -0.1) is 0 Å². The van der Waals surface area contributed by atoms with Crippen molar-refractivity contribution in [1.82, 2.24) is 0 Å². The summed E-state index contributed by atoms with van der Waals surface area (Å²) in [4.78, 5) is 0. The Bertz CT molecular complexity index is 419. The zero-order valence-corrected chi connectivity index (χ0v) is 9.93. The Morgan fingerprint density at radius 1 is 1.57 bits per heavy atom. The lowest BCUT2D eigenvalue weighted by atomic mass is 10.1. The Labute approximate surface area is 94.3 Å². The van der Waals surface area contributed by atoms with E-state index in [2.05, 4.69) is 15.9 Å². The Morgan fingerprint density at radius 2 is 2.36 bits per heavy atom. The molecule has 4 heteroatoms. The topological polar surface area (TPSA) is 33.4 Å². The molecule has 0 spiro atoms. The highest BCUT2D eigenvalue weighted by molar-refractivity contribution is 9.10. The molecule has 1 unspecified atom stereocenters. The molecule has 2 nitrogen and oxygen atoms in total. The van der Waals surface area contributed by atoms with E-state index >= 15 is 0 Å². The van der Waals surface area contributed by atoms with Gasteiger partial charge in [0.05, 0.1) is 0 Å². The zero-order chi connectivity index (χ0) is 10.1. The molecule has 0 aliphatic carbocycles. The van der Waals surface area contributed by atoms with Crippen LogP contribution < -0.4 is 0 Å². The Balaban J connectivity index is 2.36. The molecule has 74 valence electrons. The van der Waals surface area contributed by atoms with E-state index in [-0.39, 0.29) is 0 Å². The molecular weight excluding hydrogens is 264 g/mol. The standard InChI is InChI=1S/C10H9BrO2S/c1-6-8(4-9(11)13-6)10(12)7-2-3-14-5-7/h2-5,10,12H,1H3. The van der Waals surface area contributed by atoms with E-state index in [0.29, 0.717) is 4.67 Å². The van der Waals surface area contributed by atoms with Crippen molar-refractivity contribution in [2.24, 2.45) is 0 Å². The number of furan rings is 1. The zero-order valence-electron chi connectivity index (χ0n) is 7.53. The molecule has 0 fully saturated rings. The summed E-state index contributed by atoms with van der Waals surface area (Å²) in [5.74, 6) is 0.746. The van der Waals surface area contributed by atoms with Crippen molar-refractivity contribution in [2.45, 2.75) is 13.0 Å². The van der Waals surface area contributed by atoms with Crippen molar-refractivity contribution >= 4 is 27.3 Å². The molecule has 0 saturated heterocycles. The van der Waals surface area contributed by atoms with Gasteiger partial charge in [-0.3, -0.25) is 0 Å². The number of aliphatic hydroxyl groups is 1. The van der Waals surface area contributed by atoms with Crippen LogP contribution in [0.15, 0.2) is 32.0 Å². The number of hydrogen-bond donors (Lipinski definition) is 1. The van der Waals surface area contributed by atoms with Crippen LogP contribution in [0.1, 0.15) is 23.0 Å². The predicted octanol–water partition coefficient (Wildman–Crippen LogP) is 3.49. The Hall–Kier alpha value is -0.580. The maximum atomic E-state index is 10.0. The smallest absolute Gasteiger partial charge is 0.169 e. The summed E-state index contributed by atoms with van der Waals surface area (Å²) in [6, 6.07) is 3.72. The van der Waals surface area contributed by atoms with Crippen LogP contribution in [0.5, 0.6) is 0 Å². The van der Waals surface area contributed by atoms with Gasteiger partial charge in [-0.05, 0) is 51.3 Å². The van der Waals surface area contributed by atoms with Crippen LogP contribution in [0.4, 0.5) is 0 Å². The van der Waals surface area contributed by atoms with Gasteiger partial charge in [0.25, 0.3) is 0 Å². The van der Waals surface area contributed by atoms with Crippen LogP contribution in [-0.2, 0) is 0 Å². The van der Waals surface area contributed by atoms with Crippen LogP contribution in [0, 0.1) is 6.92 Å². The highest BCUT2D eigenvalue weighted by Crippen LogP contribution is 2.30. The van der Waals surface area contributed by atoms with Crippen LogP contribution in [0.25, 0.3) is 0 Å². The molecule has 0 aliphatic heterocycles. The fourth-order valence-corrected chi connectivity index (χ4v) is 2.51. The highest BCUT2D eigenvalue weighted by Gasteiger charge is 2.16. The molecule has 1 atom stereocenters. The minimum absolute atomic E-state index is 0.587. The van der Waals surface area contributed by atoms with E-state index < -0.39 is 6.10 Å². The molecule has 0 saturated carbocycles. The van der Waals surface area contributed by atoms with Gasteiger partial charge in [-0.1, -0.05) is 0 Å². The molecule has 2 rings (SSSR count). The first kappa shape index (κ1) is 9.96. The summed E-state index contributed by atoms with van der Waals surface area (Å²) in [5, 5.41) is 13.9. The molecule has 1 N–H and O–H groups in total. The normalized spacial score (nSPS) is 13.1. The molecule has 0 radical (unpaired) electrons. The second-order valence-corrected chi connectivity index (χ2v) is 4.58. The average molecular weight is 273 g/mol. The Kier molecular flexibility index (Phi) is 2.76. The number of hydrogen-bond acceptors (Lipinski definition) is 3. The first-order valence-corrected chi connectivity index (χ1v) is 5.88. The Morgan fingerprint density at radius 3 is 2.86 bits per heavy atom. The lowest BCUT2D eigenvalue weighted by molar-refractivity contribution is 0.218. The molecule has 0 aromatic carbocycles. The van der Waals surface area contributed by atoms with Gasteiger partial charge in [-0.2, -0.15) is 11.3 Å². The summed E-state index contributed by atoms with van der Waals surface area (Å²) in [6.07, 6.45) is -0.587. The van der Waals surface area contributed by atoms with Gasteiger partial charge < -0.3 is 9.52 Å². The molecule has 14 heavy (non-hydrogen) atoms. The largest absolute Gasteiger partial charge is 0.454 e. The minimum atomic E-state index is -0.587. The van der Waals surface area contributed by atoms with Crippen LogP contribution in [0.2, 0.25) is 0 Å². The number of thiophene rings is 1. The van der Waals surface area contributed by atoms with E-state index in [1.807, 2.05) is 23.8 Å². The van der Waals surface area contributed by atoms with Crippen molar-refractivity contribution < 1.29 is 9.52 Å². The van der Waals surface area contributed by atoms with Gasteiger partial charge in [0, 0.05) is 5.56 Å². The second kappa shape index (κ2) is 3.88. The average Bonchev–Trinajstić information content (AvgIpc) is 2.73. The molecule has 2 heterocycles. The fourth-order valence-electron chi connectivity index (χ4n) is 1.34. The summed E-state index contributed by atoms with van der Waals surface area (Å²) in [5.41, 5.74) is 1.72. The van der Waals surface area contributed by atoms with Crippen LogP contribution in [-0.4, -0.2) is 5.11 Å². The van der Waals surface area contributed by atoms with E-state index in [4.69, 9.17) is 4.42 Å². The van der Waals surface area contributed by atoms with Crippen molar-refractivity contribution in [3.05, 3.63) is 44.4 Å². The third-order valence-corrected chi connectivity index (χ3v) is 3.17. The van der Waals surface area contributed by atoms with Crippen molar-refractivity contribution in [3.8, 4) is 0 Å². The summed E-state index contributed by atoms with van der Waals surface area (Å²) < 4.78 is 5.95. The predicted molar refractivity (Wildman–Crippen MR) is 59.5 cm³/mol. The van der Waals surface area contributed by atoms with Crippen molar-refractivity contribution in [3.63, 3.8) is 0 Å². The quantitative estimate of drug-likeness (QED) is 0.908. The first-order chi connectivity index (χ1) is 6.68. The summed E-state index contributed by atoms with van der Waals surface area (Å²) in [7, 11) is 0. The maximum absolute atomic E-state index is 10.0. The van der Waals surface area contributed by atoms with Gasteiger partial charge in [0.1, 0.15) is 11.9 Å². The number of halogens is 1. The summed E-state index contributed by atoms with van der Waals surface area (Å²) in [6.45, 7) is 1.84. The van der Waals surface area contributed by atoms with E-state index in [1.165, 1.54) is 0 Å². The monoisotopic (exact) mass is 272 g/mol. The van der Waals surface area contributed by atoms with Gasteiger partial charge in [0.15, 0.2) is 4.67 Å². The maximum Gasteiger partial charge on any atom is 0.169 e. The van der Waals surface area contributed by atoms with Crippen molar-refractivity contribution in [2.75, 3.05) is 0 Å². The molecule has 2 aromatic heterocycles. The molecule has 2 aromatic rings. The van der Waals surface area contributed by atoms with E-state index in [1.54, 1.807) is 17.4 Å². The van der Waals surface area contributed by atoms with Crippen molar-refractivity contribution in [1.29, 1.82) is 0 Å². The van der Waals surface area contributed by atoms with Gasteiger partial charge in [-0.25, -0.2) is 0 Å². The third kappa shape index (κ3) is 1.78. The van der Waals surface area contributed by atoms with E-state index in [0.717, 1.165) is 16.9 Å². The third-order valence-electron chi connectivity index (χ3n) is 2.08. The molecule has 0 bridgehead atoms. The number of aliphatic hydroxyl groups excluding tert-OH is 1. The second-order valence-electron chi connectivity index (χ2n) is 3.02. The van der Waals surface area contributed by atoms with Gasteiger partial charge >= 0.3 is 0 Å². The number of rotatable bonds is 2. The fraction of sp³-hybridized carbons (Fsp3) is 0.200. The number of aryl methyl sites for hydroxylation is 1. The lowest BCUT2D eigenvalue weighted by Crippen LogP contribution is -1.97. The summed E-state index contributed by atoms with van der Waals surface area (Å²) >= 11 is 4.81. The van der Waals surface area contributed by atoms with E-state index in [9.17, 15) is 5.11 Å². The molecular formula is C10H9BrO2S. The van der Waals surface area contributed by atoms with Gasteiger partial charge in [0.2, 0.25) is 0 Å².